The smallest absolute Gasteiger partial charge is 0.229 e. The lowest BCUT2D eigenvalue weighted by atomic mass is 10.2. The average Bonchev–Trinajstić information content (AvgIpc) is 3.21. The van der Waals surface area contributed by atoms with E-state index in [2.05, 4.69) is 85.4 Å². The number of hydrogen-bond acceptors (Lipinski definition) is 14. The number of guanidine groups is 1. The van der Waals surface area contributed by atoms with Gasteiger partial charge in [0.15, 0.2) is 0 Å². The summed E-state index contributed by atoms with van der Waals surface area (Å²) in [4.78, 5) is 15.8. The van der Waals surface area contributed by atoms with E-state index in [9.17, 15) is 5.11 Å². The van der Waals surface area contributed by atoms with E-state index in [1.807, 2.05) is 85.7 Å². The Bertz CT molecular complexity index is 1950. The second-order valence-corrected chi connectivity index (χ2v) is 15.0. The first-order valence-electron chi connectivity index (χ1n) is 18.9. The third kappa shape index (κ3) is 14.1. The lowest BCUT2D eigenvalue weighted by Crippen LogP contribution is -2.28. The second-order valence-electron chi connectivity index (χ2n) is 12.6. The first-order valence-corrected chi connectivity index (χ1v) is 20.8. The maximum Gasteiger partial charge on any atom is 0.229 e. The van der Waals surface area contributed by atoms with Crippen molar-refractivity contribution in [3.63, 3.8) is 0 Å². The summed E-state index contributed by atoms with van der Waals surface area (Å²) in [5.41, 5.74) is 21.4. The van der Waals surface area contributed by atoms with Crippen molar-refractivity contribution in [1.29, 1.82) is 0 Å². The molecule has 0 aromatic heterocycles. The summed E-state index contributed by atoms with van der Waals surface area (Å²) in [6.45, 7) is 17.7. The number of thiol groups is 2. The molecule has 0 aliphatic heterocycles. The molecule has 0 saturated heterocycles. The van der Waals surface area contributed by atoms with E-state index in [0.717, 1.165) is 75.8 Å². The van der Waals surface area contributed by atoms with Crippen LogP contribution in [0.5, 0.6) is 11.5 Å². The van der Waals surface area contributed by atoms with E-state index >= 15 is 0 Å². The van der Waals surface area contributed by atoms with E-state index < -0.39 is 0 Å². The van der Waals surface area contributed by atoms with Gasteiger partial charge >= 0.3 is 0 Å². The van der Waals surface area contributed by atoms with Crippen molar-refractivity contribution < 1.29 is 14.6 Å². The minimum Gasteiger partial charge on any atom is -0.495 e. The number of nitrogen functional groups attached to an aromatic ring is 2. The Morgan fingerprint density at radius 1 is 0.759 bits per heavy atom. The Balaban J connectivity index is 0.000000999. The van der Waals surface area contributed by atoms with Crippen LogP contribution in [0.4, 0.5) is 45.5 Å². The lowest BCUT2D eigenvalue weighted by molar-refractivity contribution is 0.323. The van der Waals surface area contributed by atoms with Gasteiger partial charge in [0.05, 0.1) is 65.7 Å². The van der Waals surface area contributed by atoms with Crippen LogP contribution in [0.2, 0.25) is 0 Å². The number of anilines is 8. The minimum atomic E-state index is 0.0256. The molecule has 0 radical (unpaired) electrons. The normalized spacial score (nSPS) is 11.2. The van der Waals surface area contributed by atoms with Crippen LogP contribution in [-0.2, 0) is 0 Å². The predicted octanol–water partition coefficient (Wildman–Crippen LogP) is 8.78. The second kappa shape index (κ2) is 24.0. The zero-order valence-electron chi connectivity index (χ0n) is 34.8. The fraction of sp³-hybridized carbons (Fsp3) is 0.333. The number of nitrogens with one attached hydrogen (secondary N) is 3. The molecule has 0 aliphatic rings. The topological polar surface area (TPSA) is 161 Å². The summed E-state index contributed by atoms with van der Waals surface area (Å²) < 4.78 is 11.5. The van der Waals surface area contributed by atoms with Crippen LogP contribution >= 0.6 is 37.0 Å². The maximum atomic E-state index is 9.46. The number of benzene rings is 4. The summed E-state index contributed by atoms with van der Waals surface area (Å²) in [7, 11) is 5.23. The predicted molar refractivity (Wildman–Crippen MR) is 258 cm³/mol. The number of ether oxygens (including phenoxy) is 2. The molecule has 314 valence electrons. The van der Waals surface area contributed by atoms with Gasteiger partial charge in [-0.3, -0.25) is 10.4 Å². The summed E-state index contributed by atoms with van der Waals surface area (Å²) in [6.07, 6.45) is 0. The molecule has 4 aromatic rings. The van der Waals surface area contributed by atoms with Crippen molar-refractivity contribution in [3.05, 3.63) is 85.2 Å². The maximum absolute atomic E-state index is 9.46. The zero-order valence-corrected chi connectivity index (χ0v) is 37.4. The molecule has 0 spiro atoms. The standard InChI is InChI=1S/C36H53N9O3S2.C6H7NS/c1-10-44(11-2)32-21-29(28(37)20-34(32)47-8)38-24(5)39-36(40-25(6)50-19-18-46)41-30-22-33(45(12-3)13-4)35(48-9)23-31(30)43(7)42-26-14-16-27(49)17-15-26;7-5-1-3-6(8)4-2-5/h14-17,20-23,38,42,46,49H,5,10-13,18-19,37H2,1-4,6-9H3,(H,39,41);1-4,8H,7H2/b40-25+;. The summed E-state index contributed by atoms with van der Waals surface area (Å²) in [5.74, 6) is 2.50. The SMILES string of the molecule is C=C(/N=C(\N=C(/C)SCCO)Nc1cc(N(CC)CC)c(OC)cc1N(C)Nc1ccc(S)cc1)Nc1cc(N(CC)CC)c(OC)cc1N.Nc1ccc(S)cc1. The number of methoxy groups -OCH3 is 2. The molecule has 0 aliphatic carbocycles. The summed E-state index contributed by atoms with van der Waals surface area (Å²) in [5, 5.41) is 18.8. The van der Waals surface area contributed by atoms with Crippen LogP contribution in [0.15, 0.2) is 105 Å². The molecule has 0 atom stereocenters. The number of nitrogens with two attached hydrogens (primary N) is 2. The van der Waals surface area contributed by atoms with Crippen LogP contribution in [0.3, 0.4) is 0 Å². The van der Waals surface area contributed by atoms with Crippen LogP contribution in [-0.4, -0.2) is 75.9 Å². The van der Waals surface area contributed by atoms with E-state index in [0.29, 0.717) is 33.7 Å². The number of hydrogen-bond donors (Lipinski definition) is 8. The fourth-order valence-corrected chi connectivity index (χ4v) is 6.56. The highest BCUT2D eigenvalue weighted by Gasteiger charge is 2.19. The highest BCUT2D eigenvalue weighted by Crippen LogP contribution is 2.40. The lowest BCUT2D eigenvalue weighted by Gasteiger charge is -2.29. The third-order valence-electron chi connectivity index (χ3n) is 8.71. The average molecular weight is 849 g/mol. The largest absolute Gasteiger partial charge is 0.495 e. The molecule has 8 N–H and O–H groups in total. The number of nitrogens with zero attached hydrogens (tertiary/aromatic N) is 5. The highest BCUT2D eigenvalue weighted by molar-refractivity contribution is 8.13. The van der Waals surface area contributed by atoms with Gasteiger partial charge < -0.3 is 46.5 Å². The quantitative estimate of drug-likeness (QED) is 0.0168. The molecule has 0 bridgehead atoms. The van der Waals surface area contributed by atoms with Gasteiger partial charge in [-0.1, -0.05) is 6.58 Å². The molecule has 58 heavy (non-hydrogen) atoms. The van der Waals surface area contributed by atoms with Crippen molar-refractivity contribution >= 4 is 93.5 Å². The molecule has 4 aromatic carbocycles. The first-order chi connectivity index (χ1) is 27.8. The number of thioether (sulfide) groups is 1. The summed E-state index contributed by atoms with van der Waals surface area (Å²) >= 11 is 9.93. The minimum absolute atomic E-state index is 0.0256. The molecule has 0 amide bonds. The van der Waals surface area contributed by atoms with Gasteiger partial charge in [-0.05, 0) is 95.3 Å². The molecular formula is C42H60N10O3S3. The monoisotopic (exact) mass is 848 g/mol. The van der Waals surface area contributed by atoms with Crippen LogP contribution < -0.4 is 51.8 Å². The van der Waals surface area contributed by atoms with Crippen molar-refractivity contribution in [1.82, 2.24) is 0 Å². The van der Waals surface area contributed by atoms with Gasteiger partial charge in [-0.15, -0.1) is 37.0 Å². The first kappa shape index (κ1) is 47.3. The molecule has 0 unspecified atom stereocenters. The number of aliphatic hydroxyl groups is 1. The van der Waals surface area contributed by atoms with Gasteiger partial charge in [-0.25, -0.2) is 4.99 Å². The molecule has 0 fully saturated rings. The number of aliphatic hydroxyl groups excluding tert-OH is 1. The van der Waals surface area contributed by atoms with Crippen LogP contribution in [0.1, 0.15) is 34.6 Å². The van der Waals surface area contributed by atoms with Crippen LogP contribution in [0, 0.1) is 0 Å². The van der Waals surface area contributed by atoms with Gasteiger partial charge in [-0.2, -0.15) is 4.99 Å². The van der Waals surface area contributed by atoms with E-state index in [-0.39, 0.29) is 12.6 Å². The van der Waals surface area contributed by atoms with Crippen molar-refractivity contribution in [2.45, 2.75) is 44.4 Å². The fourth-order valence-electron chi connectivity index (χ4n) is 5.73. The highest BCUT2D eigenvalue weighted by atomic mass is 32.2. The number of rotatable bonds is 17. The molecule has 0 heterocycles. The molecule has 4 rings (SSSR count). The van der Waals surface area contributed by atoms with E-state index in [1.54, 1.807) is 20.3 Å². The summed E-state index contributed by atoms with van der Waals surface area (Å²) in [6, 6.07) is 22.9. The Hall–Kier alpha value is -5.03. The number of hydrazine groups is 1. The van der Waals surface area contributed by atoms with Gasteiger partial charge in [0.25, 0.3) is 0 Å². The van der Waals surface area contributed by atoms with Gasteiger partial charge in [0, 0.05) is 66.6 Å². The van der Waals surface area contributed by atoms with Gasteiger partial charge in [0.2, 0.25) is 5.96 Å². The Morgan fingerprint density at radius 2 is 1.28 bits per heavy atom. The van der Waals surface area contributed by atoms with Crippen molar-refractivity contribution in [2.75, 3.05) is 102 Å². The Labute approximate surface area is 359 Å². The van der Waals surface area contributed by atoms with Gasteiger partial charge in [0.1, 0.15) is 17.3 Å². The third-order valence-corrected chi connectivity index (χ3v) is 10.2. The molecule has 0 saturated carbocycles. The molecular weight excluding hydrogens is 789 g/mol. The Morgan fingerprint density at radius 3 is 1.78 bits per heavy atom. The van der Waals surface area contributed by atoms with Crippen molar-refractivity contribution in [3.8, 4) is 11.5 Å². The zero-order chi connectivity index (χ0) is 42.8. The van der Waals surface area contributed by atoms with E-state index in [4.69, 9.17) is 30.9 Å². The molecule has 16 heteroatoms. The Kier molecular flexibility index (Phi) is 19.6. The molecule has 13 nitrogen and oxygen atoms in total. The number of aliphatic imine (C=N–C) groups is 2. The van der Waals surface area contributed by atoms with E-state index in [1.165, 1.54) is 11.8 Å². The van der Waals surface area contributed by atoms with Crippen molar-refractivity contribution in [2.24, 2.45) is 9.98 Å². The van der Waals surface area contributed by atoms with Crippen LogP contribution in [0.25, 0.3) is 0 Å².